The van der Waals surface area contributed by atoms with E-state index in [2.05, 4.69) is 10.3 Å². The number of carbonyl (C=O) groups excluding carboxylic acids is 1. The maximum Gasteiger partial charge on any atom is 0.255 e. The Balaban J connectivity index is 1.68. The molecule has 1 heterocycles. The second-order valence-corrected chi connectivity index (χ2v) is 6.12. The average molecular weight is 354 g/mol. The lowest BCUT2D eigenvalue weighted by atomic mass is 10.1. The van der Waals surface area contributed by atoms with Gasteiger partial charge < -0.3 is 14.8 Å². The van der Waals surface area contributed by atoms with Crippen LogP contribution in [0.2, 0.25) is 0 Å². The van der Waals surface area contributed by atoms with Crippen LogP contribution in [0.3, 0.4) is 0 Å². The Morgan fingerprint density at radius 3 is 2.64 bits per heavy atom. The third kappa shape index (κ3) is 3.97. The van der Waals surface area contributed by atoms with Crippen LogP contribution in [-0.4, -0.2) is 25.1 Å². The molecule has 5 nitrogen and oxygen atoms in total. The van der Waals surface area contributed by atoms with Crippen molar-refractivity contribution >= 4 is 17.2 Å². The number of carbonyl (C=O) groups is 1. The highest BCUT2D eigenvalue weighted by molar-refractivity contribution is 7.13. The van der Waals surface area contributed by atoms with Crippen molar-refractivity contribution < 1.29 is 14.3 Å². The molecule has 0 aliphatic heterocycles. The van der Waals surface area contributed by atoms with Crippen LogP contribution in [0.1, 0.15) is 16.1 Å². The van der Waals surface area contributed by atoms with Crippen molar-refractivity contribution in [2.24, 2.45) is 0 Å². The first-order chi connectivity index (χ1) is 12.2. The SMILES string of the molecule is COc1ccc(C(=O)NCc2csc(-c3ccccc3)n2)c(OC)c1. The third-order valence-electron chi connectivity index (χ3n) is 3.66. The lowest BCUT2D eigenvalue weighted by Crippen LogP contribution is -2.23. The number of nitrogens with zero attached hydrogens (tertiary/aromatic N) is 1. The summed E-state index contributed by atoms with van der Waals surface area (Å²) < 4.78 is 10.4. The maximum absolute atomic E-state index is 12.4. The fraction of sp³-hybridized carbons (Fsp3) is 0.158. The van der Waals surface area contributed by atoms with E-state index in [0.717, 1.165) is 16.3 Å². The van der Waals surface area contributed by atoms with Crippen LogP contribution < -0.4 is 14.8 Å². The molecule has 0 saturated carbocycles. The number of hydrogen-bond donors (Lipinski definition) is 1. The van der Waals surface area contributed by atoms with Gasteiger partial charge in [0.2, 0.25) is 0 Å². The largest absolute Gasteiger partial charge is 0.497 e. The van der Waals surface area contributed by atoms with E-state index >= 15 is 0 Å². The number of benzene rings is 2. The molecule has 0 aliphatic carbocycles. The zero-order valence-corrected chi connectivity index (χ0v) is 14.8. The van der Waals surface area contributed by atoms with E-state index in [1.54, 1.807) is 36.6 Å². The minimum Gasteiger partial charge on any atom is -0.497 e. The Morgan fingerprint density at radius 1 is 1.12 bits per heavy atom. The normalized spacial score (nSPS) is 10.3. The number of methoxy groups -OCH3 is 2. The van der Waals surface area contributed by atoms with Crippen molar-refractivity contribution in [3.05, 3.63) is 65.2 Å². The van der Waals surface area contributed by atoms with Gasteiger partial charge in [0.1, 0.15) is 16.5 Å². The summed E-state index contributed by atoms with van der Waals surface area (Å²) >= 11 is 1.56. The number of thiazole rings is 1. The third-order valence-corrected chi connectivity index (χ3v) is 4.60. The van der Waals surface area contributed by atoms with E-state index in [-0.39, 0.29) is 5.91 Å². The van der Waals surface area contributed by atoms with Crippen molar-refractivity contribution in [1.82, 2.24) is 10.3 Å². The van der Waals surface area contributed by atoms with E-state index in [1.807, 2.05) is 35.7 Å². The molecule has 1 N–H and O–H groups in total. The molecule has 2 aromatic carbocycles. The molecule has 0 unspecified atom stereocenters. The molecule has 0 radical (unpaired) electrons. The molecule has 3 aromatic rings. The molecule has 6 heteroatoms. The van der Waals surface area contributed by atoms with Crippen molar-refractivity contribution in [2.45, 2.75) is 6.54 Å². The molecule has 0 spiro atoms. The van der Waals surface area contributed by atoms with Gasteiger partial charge in [-0.25, -0.2) is 4.98 Å². The molecule has 0 fully saturated rings. The molecule has 0 atom stereocenters. The van der Waals surface area contributed by atoms with Crippen LogP contribution in [0.25, 0.3) is 10.6 Å². The minimum absolute atomic E-state index is 0.214. The molecule has 1 amide bonds. The Bertz CT molecular complexity index is 862. The monoisotopic (exact) mass is 354 g/mol. The van der Waals surface area contributed by atoms with Crippen molar-refractivity contribution in [3.8, 4) is 22.1 Å². The maximum atomic E-state index is 12.4. The van der Waals surface area contributed by atoms with Gasteiger partial charge in [-0.1, -0.05) is 30.3 Å². The second-order valence-electron chi connectivity index (χ2n) is 5.26. The first-order valence-corrected chi connectivity index (χ1v) is 8.59. The summed E-state index contributed by atoms with van der Waals surface area (Å²) in [5, 5.41) is 5.77. The Morgan fingerprint density at radius 2 is 1.92 bits per heavy atom. The summed E-state index contributed by atoms with van der Waals surface area (Å²) in [7, 11) is 3.10. The molecular weight excluding hydrogens is 336 g/mol. The van der Waals surface area contributed by atoms with Gasteiger partial charge in [0.15, 0.2) is 0 Å². The van der Waals surface area contributed by atoms with Crippen LogP contribution >= 0.6 is 11.3 Å². The summed E-state index contributed by atoms with van der Waals surface area (Å²) in [4.78, 5) is 17.0. The van der Waals surface area contributed by atoms with E-state index in [0.29, 0.717) is 23.6 Å². The average Bonchev–Trinajstić information content (AvgIpc) is 3.15. The Hall–Kier alpha value is -2.86. The number of aromatic nitrogens is 1. The number of amides is 1. The van der Waals surface area contributed by atoms with Gasteiger partial charge in [-0.05, 0) is 12.1 Å². The fourth-order valence-corrected chi connectivity index (χ4v) is 3.18. The first kappa shape index (κ1) is 17.0. The summed E-state index contributed by atoms with van der Waals surface area (Å²) in [5.41, 5.74) is 2.35. The van der Waals surface area contributed by atoms with Gasteiger partial charge in [-0.2, -0.15) is 0 Å². The smallest absolute Gasteiger partial charge is 0.255 e. The van der Waals surface area contributed by atoms with Crippen LogP contribution in [-0.2, 0) is 6.54 Å². The first-order valence-electron chi connectivity index (χ1n) is 7.71. The van der Waals surface area contributed by atoms with E-state index < -0.39 is 0 Å². The molecule has 128 valence electrons. The van der Waals surface area contributed by atoms with Crippen LogP contribution in [0.15, 0.2) is 53.9 Å². The predicted molar refractivity (Wildman–Crippen MR) is 98.3 cm³/mol. The molecular formula is C19H18N2O3S. The Labute approximate surface area is 150 Å². The van der Waals surface area contributed by atoms with E-state index in [4.69, 9.17) is 9.47 Å². The minimum atomic E-state index is -0.214. The van der Waals surface area contributed by atoms with Crippen LogP contribution in [0, 0.1) is 0 Å². The summed E-state index contributed by atoms with van der Waals surface area (Å²) in [6, 6.07) is 15.1. The highest BCUT2D eigenvalue weighted by Crippen LogP contribution is 2.25. The number of ether oxygens (including phenoxy) is 2. The second kappa shape index (κ2) is 7.81. The molecule has 0 bridgehead atoms. The highest BCUT2D eigenvalue weighted by Gasteiger charge is 2.14. The quantitative estimate of drug-likeness (QED) is 0.732. The van der Waals surface area contributed by atoms with Gasteiger partial charge in [0.05, 0.1) is 32.0 Å². The molecule has 0 aliphatic rings. The zero-order chi connectivity index (χ0) is 17.6. The van der Waals surface area contributed by atoms with Gasteiger partial charge in [-0.15, -0.1) is 11.3 Å². The number of nitrogens with one attached hydrogen (secondary N) is 1. The van der Waals surface area contributed by atoms with Crippen LogP contribution in [0.4, 0.5) is 0 Å². The predicted octanol–water partition coefficient (Wildman–Crippen LogP) is 3.76. The van der Waals surface area contributed by atoms with E-state index in [9.17, 15) is 4.79 Å². The molecule has 1 aromatic heterocycles. The van der Waals surface area contributed by atoms with Gasteiger partial charge in [0, 0.05) is 17.0 Å². The van der Waals surface area contributed by atoms with Gasteiger partial charge in [0.25, 0.3) is 5.91 Å². The topological polar surface area (TPSA) is 60.5 Å². The van der Waals surface area contributed by atoms with Crippen molar-refractivity contribution in [3.63, 3.8) is 0 Å². The van der Waals surface area contributed by atoms with Crippen LogP contribution in [0.5, 0.6) is 11.5 Å². The lowest BCUT2D eigenvalue weighted by Gasteiger charge is -2.10. The molecule has 0 saturated heterocycles. The zero-order valence-electron chi connectivity index (χ0n) is 14.0. The van der Waals surface area contributed by atoms with Crippen molar-refractivity contribution in [2.75, 3.05) is 14.2 Å². The highest BCUT2D eigenvalue weighted by atomic mass is 32.1. The van der Waals surface area contributed by atoms with Gasteiger partial charge in [-0.3, -0.25) is 4.79 Å². The lowest BCUT2D eigenvalue weighted by molar-refractivity contribution is 0.0947. The fourth-order valence-electron chi connectivity index (χ4n) is 2.35. The van der Waals surface area contributed by atoms with Gasteiger partial charge >= 0.3 is 0 Å². The Kier molecular flexibility index (Phi) is 5.30. The number of rotatable bonds is 6. The number of hydrogen-bond acceptors (Lipinski definition) is 5. The standard InChI is InChI=1S/C19H18N2O3S/c1-23-15-8-9-16(17(10-15)24-2)18(22)20-11-14-12-25-19(21-14)13-6-4-3-5-7-13/h3-10,12H,11H2,1-2H3,(H,20,22). The summed E-state index contributed by atoms with van der Waals surface area (Å²) in [6.07, 6.45) is 0. The molecule has 3 rings (SSSR count). The van der Waals surface area contributed by atoms with E-state index in [1.165, 1.54) is 7.11 Å². The molecule has 25 heavy (non-hydrogen) atoms. The summed E-state index contributed by atoms with van der Waals surface area (Å²) in [6.45, 7) is 0.358. The summed E-state index contributed by atoms with van der Waals surface area (Å²) in [5.74, 6) is 0.897. The van der Waals surface area contributed by atoms with Crippen molar-refractivity contribution in [1.29, 1.82) is 0 Å².